The molecule has 0 spiro atoms. The highest BCUT2D eigenvalue weighted by molar-refractivity contribution is 6.32. The summed E-state index contributed by atoms with van der Waals surface area (Å²) in [6, 6.07) is 7.40. The van der Waals surface area contributed by atoms with E-state index in [4.69, 9.17) is 16.3 Å². The number of aromatic nitrogens is 2. The van der Waals surface area contributed by atoms with Crippen molar-refractivity contribution in [2.24, 2.45) is 0 Å². The van der Waals surface area contributed by atoms with Crippen LogP contribution in [-0.4, -0.2) is 23.2 Å². The van der Waals surface area contributed by atoms with Crippen LogP contribution in [0.2, 0.25) is 5.02 Å². The van der Waals surface area contributed by atoms with Crippen LogP contribution in [0.25, 0.3) is 0 Å². The van der Waals surface area contributed by atoms with Gasteiger partial charge in [0.2, 0.25) is 0 Å². The van der Waals surface area contributed by atoms with Gasteiger partial charge in [0.05, 0.1) is 5.02 Å². The van der Waals surface area contributed by atoms with Gasteiger partial charge in [-0.15, -0.1) is 0 Å². The maximum absolute atomic E-state index is 12.0. The monoisotopic (exact) mass is 294 g/mol. The summed E-state index contributed by atoms with van der Waals surface area (Å²) < 4.78 is 17.2. The van der Waals surface area contributed by atoms with Gasteiger partial charge >= 0.3 is 0 Å². The van der Waals surface area contributed by atoms with Crippen LogP contribution in [0.5, 0.6) is 5.75 Å². The van der Waals surface area contributed by atoms with Crippen LogP contribution in [0.1, 0.15) is 17.8 Å². The quantitative estimate of drug-likeness (QED) is 0.782. The Morgan fingerprint density at radius 3 is 2.65 bits per heavy atom. The van der Waals surface area contributed by atoms with E-state index in [1.807, 2.05) is 12.1 Å². The molecule has 20 heavy (non-hydrogen) atoms. The summed E-state index contributed by atoms with van der Waals surface area (Å²) in [4.78, 5) is 8.37. The molecule has 0 saturated heterocycles. The van der Waals surface area contributed by atoms with Crippen molar-refractivity contribution in [1.29, 1.82) is 0 Å². The molecule has 1 aromatic carbocycles. The average molecular weight is 295 g/mol. The molecule has 0 unspecified atom stereocenters. The van der Waals surface area contributed by atoms with E-state index < -0.39 is 6.67 Å². The van der Waals surface area contributed by atoms with E-state index in [2.05, 4.69) is 9.97 Å². The first kappa shape index (κ1) is 14.7. The number of hydrogen-bond acceptors (Lipinski definition) is 3. The minimum Gasteiger partial charge on any atom is -0.489 e. The SMILES string of the molecule is FCCOc1ccc(CCCc2ncccn2)cc1Cl. The van der Waals surface area contributed by atoms with Crippen molar-refractivity contribution in [3.05, 3.63) is 53.1 Å². The molecular formula is C15H16ClFN2O. The Morgan fingerprint density at radius 2 is 1.95 bits per heavy atom. The molecule has 0 bridgehead atoms. The summed E-state index contributed by atoms with van der Waals surface area (Å²) in [7, 11) is 0. The molecule has 0 amide bonds. The lowest BCUT2D eigenvalue weighted by molar-refractivity contribution is 0.273. The van der Waals surface area contributed by atoms with Crippen molar-refractivity contribution in [2.45, 2.75) is 19.3 Å². The number of aryl methyl sites for hydroxylation is 2. The molecule has 0 aliphatic carbocycles. The van der Waals surface area contributed by atoms with Gasteiger partial charge in [-0.1, -0.05) is 17.7 Å². The third kappa shape index (κ3) is 4.46. The van der Waals surface area contributed by atoms with E-state index in [1.165, 1.54) is 0 Å². The van der Waals surface area contributed by atoms with Crippen LogP contribution in [0.15, 0.2) is 36.7 Å². The van der Waals surface area contributed by atoms with Crippen molar-refractivity contribution in [2.75, 3.05) is 13.3 Å². The van der Waals surface area contributed by atoms with Gasteiger partial charge in [-0.3, -0.25) is 0 Å². The van der Waals surface area contributed by atoms with E-state index >= 15 is 0 Å². The maximum atomic E-state index is 12.0. The number of alkyl halides is 1. The predicted molar refractivity (Wildman–Crippen MR) is 77.0 cm³/mol. The normalized spacial score (nSPS) is 10.5. The molecule has 106 valence electrons. The van der Waals surface area contributed by atoms with Crippen molar-refractivity contribution >= 4 is 11.6 Å². The molecule has 0 aliphatic rings. The van der Waals surface area contributed by atoms with Gasteiger partial charge in [0, 0.05) is 18.8 Å². The first-order valence-corrected chi connectivity index (χ1v) is 6.90. The fraction of sp³-hybridized carbons (Fsp3) is 0.333. The molecule has 0 N–H and O–H groups in total. The van der Waals surface area contributed by atoms with E-state index in [9.17, 15) is 4.39 Å². The molecule has 1 heterocycles. The molecule has 0 aliphatic heterocycles. The Kier molecular flexibility index (Phi) is 5.74. The van der Waals surface area contributed by atoms with Crippen LogP contribution >= 0.6 is 11.6 Å². The highest BCUT2D eigenvalue weighted by Gasteiger charge is 2.04. The van der Waals surface area contributed by atoms with Crippen molar-refractivity contribution < 1.29 is 9.13 Å². The number of ether oxygens (including phenoxy) is 1. The van der Waals surface area contributed by atoms with Crippen LogP contribution in [0.4, 0.5) is 4.39 Å². The van der Waals surface area contributed by atoms with E-state index in [0.29, 0.717) is 10.8 Å². The molecule has 1 aromatic heterocycles. The highest BCUT2D eigenvalue weighted by atomic mass is 35.5. The Balaban J connectivity index is 1.85. The van der Waals surface area contributed by atoms with Gasteiger partial charge < -0.3 is 4.74 Å². The fourth-order valence-electron chi connectivity index (χ4n) is 1.88. The molecule has 0 fully saturated rings. The number of halogens is 2. The fourth-order valence-corrected chi connectivity index (χ4v) is 2.13. The average Bonchev–Trinajstić information content (AvgIpc) is 2.47. The number of benzene rings is 1. The van der Waals surface area contributed by atoms with E-state index in [-0.39, 0.29) is 6.61 Å². The molecule has 2 rings (SSSR count). The molecule has 2 aromatic rings. The zero-order valence-corrected chi connectivity index (χ0v) is 11.8. The third-order valence-electron chi connectivity index (χ3n) is 2.82. The second-order valence-electron chi connectivity index (χ2n) is 4.32. The zero-order valence-electron chi connectivity index (χ0n) is 11.1. The number of nitrogens with zero attached hydrogens (tertiary/aromatic N) is 2. The Hall–Kier alpha value is -1.68. The lowest BCUT2D eigenvalue weighted by Gasteiger charge is -2.08. The second-order valence-corrected chi connectivity index (χ2v) is 4.73. The zero-order chi connectivity index (χ0) is 14.2. The van der Waals surface area contributed by atoms with Crippen LogP contribution in [0, 0.1) is 0 Å². The minimum absolute atomic E-state index is 0.0322. The van der Waals surface area contributed by atoms with Crippen molar-refractivity contribution in [3.63, 3.8) is 0 Å². The molecule has 3 nitrogen and oxygen atoms in total. The van der Waals surface area contributed by atoms with Crippen LogP contribution in [0.3, 0.4) is 0 Å². The summed E-state index contributed by atoms with van der Waals surface area (Å²) in [6.07, 6.45) is 6.16. The van der Waals surface area contributed by atoms with Gasteiger partial charge in [0.25, 0.3) is 0 Å². The first-order chi connectivity index (χ1) is 9.79. The summed E-state index contributed by atoms with van der Waals surface area (Å²) in [5.41, 5.74) is 1.12. The lowest BCUT2D eigenvalue weighted by atomic mass is 10.1. The topological polar surface area (TPSA) is 35.0 Å². The summed E-state index contributed by atoms with van der Waals surface area (Å²) in [6.45, 7) is -0.487. The molecule has 0 atom stereocenters. The Morgan fingerprint density at radius 1 is 1.15 bits per heavy atom. The van der Waals surface area contributed by atoms with Crippen molar-refractivity contribution in [3.8, 4) is 5.75 Å². The molecule has 0 radical (unpaired) electrons. The predicted octanol–water partition coefficient (Wildman–Crippen LogP) is 3.65. The van der Waals surface area contributed by atoms with Crippen LogP contribution in [-0.2, 0) is 12.8 Å². The summed E-state index contributed by atoms with van der Waals surface area (Å²) in [5, 5.41) is 0.520. The lowest BCUT2D eigenvalue weighted by Crippen LogP contribution is -2.00. The smallest absolute Gasteiger partial charge is 0.138 e. The molecule has 5 heteroatoms. The van der Waals surface area contributed by atoms with Gasteiger partial charge in [-0.05, 0) is 36.6 Å². The summed E-state index contributed by atoms with van der Waals surface area (Å²) in [5.74, 6) is 1.38. The first-order valence-electron chi connectivity index (χ1n) is 6.52. The highest BCUT2D eigenvalue weighted by Crippen LogP contribution is 2.26. The molecular weight excluding hydrogens is 279 g/mol. The third-order valence-corrected chi connectivity index (χ3v) is 3.11. The Labute approximate surface area is 122 Å². The van der Waals surface area contributed by atoms with Gasteiger partial charge in [0.15, 0.2) is 0 Å². The largest absolute Gasteiger partial charge is 0.489 e. The maximum Gasteiger partial charge on any atom is 0.138 e. The van der Waals surface area contributed by atoms with Gasteiger partial charge in [0.1, 0.15) is 24.9 Å². The summed E-state index contributed by atoms with van der Waals surface area (Å²) >= 11 is 6.09. The second kappa shape index (κ2) is 7.80. The van der Waals surface area contributed by atoms with Crippen molar-refractivity contribution in [1.82, 2.24) is 9.97 Å². The minimum atomic E-state index is -0.519. The Bertz CT molecular complexity index is 537. The molecule has 0 saturated carbocycles. The number of rotatable bonds is 7. The van der Waals surface area contributed by atoms with Gasteiger partial charge in [-0.25, -0.2) is 14.4 Å². The van der Waals surface area contributed by atoms with E-state index in [1.54, 1.807) is 24.5 Å². The van der Waals surface area contributed by atoms with E-state index in [0.717, 1.165) is 30.7 Å². The van der Waals surface area contributed by atoms with Gasteiger partial charge in [-0.2, -0.15) is 0 Å². The number of hydrogen-bond donors (Lipinski definition) is 0. The standard InChI is InChI=1S/C15H16ClFN2O/c16-13-11-12(5-6-14(13)20-10-7-17)3-1-4-15-18-8-2-9-19-15/h2,5-6,8-9,11H,1,3-4,7,10H2. The van der Waals surface area contributed by atoms with Crippen LogP contribution < -0.4 is 4.74 Å².